The molecule has 0 unspecified atom stereocenters. The van der Waals surface area contributed by atoms with E-state index in [9.17, 15) is 18.0 Å². The van der Waals surface area contributed by atoms with Crippen LogP contribution in [0.5, 0.6) is 0 Å². The summed E-state index contributed by atoms with van der Waals surface area (Å²) in [7, 11) is 1.62. The van der Waals surface area contributed by atoms with Crippen molar-refractivity contribution in [3.05, 3.63) is 28.8 Å². The molecule has 0 aromatic heterocycles. The average molecular weight is 295 g/mol. The minimum Gasteiger partial charge on any atom is -0.376 e. The summed E-state index contributed by atoms with van der Waals surface area (Å²) in [6, 6.07) is 3.44. The second kappa shape index (κ2) is 6.14. The SMILES string of the molecule is CCN(C)C(=O)CNc1ccc(Cl)c(C(F)(F)F)c1. The van der Waals surface area contributed by atoms with E-state index in [0.717, 1.165) is 12.1 Å². The molecule has 0 saturated carbocycles. The predicted molar refractivity (Wildman–Crippen MR) is 68.3 cm³/mol. The van der Waals surface area contributed by atoms with Gasteiger partial charge in [-0.3, -0.25) is 4.79 Å². The predicted octanol–water partition coefficient (Wildman–Crippen LogP) is 3.25. The summed E-state index contributed by atoms with van der Waals surface area (Å²) in [4.78, 5) is 13.0. The fourth-order valence-electron chi connectivity index (χ4n) is 1.34. The molecule has 0 radical (unpaired) electrons. The van der Waals surface area contributed by atoms with E-state index in [2.05, 4.69) is 5.32 Å². The van der Waals surface area contributed by atoms with Gasteiger partial charge in [0.05, 0.1) is 17.1 Å². The minimum absolute atomic E-state index is 0.0662. The lowest BCUT2D eigenvalue weighted by Crippen LogP contribution is -2.31. The van der Waals surface area contributed by atoms with Crippen molar-refractivity contribution in [1.82, 2.24) is 4.90 Å². The van der Waals surface area contributed by atoms with E-state index < -0.39 is 11.7 Å². The highest BCUT2D eigenvalue weighted by molar-refractivity contribution is 6.31. The monoisotopic (exact) mass is 294 g/mol. The van der Waals surface area contributed by atoms with Gasteiger partial charge in [-0.15, -0.1) is 0 Å². The summed E-state index contributed by atoms with van der Waals surface area (Å²) in [5, 5.41) is 2.28. The third-order valence-corrected chi connectivity index (χ3v) is 2.95. The van der Waals surface area contributed by atoms with Gasteiger partial charge in [0.1, 0.15) is 0 Å². The zero-order valence-electron chi connectivity index (χ0n) is 10.5. The Bertz CT molecular complexity index is 463. The van der Waals surface area contributed by atoms with Crippen LogP contribution in [0.2, 0.25) is 5.02 Å². The number of benzene rings is 1. The molecule has 0 aliphatic rings. The molecule has 106 valence electrons. The third-order valence-electron chi connectivity index (χ3n) is 2.62. The molecule has 7 heteroatoms. The van der Waals surface area contributed by atoms with Crippen LogP contribution in [-0.2, 0) is 11.0 Å². The van der Waals surface area contributed by atoms with Gasteiger partial charge in [0, 0.05) is 19.3 Å². The number of rotatable bonds is 4. The highest BCUT2D eigenvalue weighted by Gasteiger charge is 2.33. The molecular formula is C12H14ClF3N2O. The molecule has 1 N–H and O–H groups in total. The van der Waals surface area contributed by atoms with Gasteiger partial charge < -0.3 is 10.2 Å². The molecule has 0 heterocycles. The number of nitrogens with one attached hydrogen (secondary N) is 1. The molecule has 1 rings (SSSR count). The number of carbonyl (C=O) groups is 1. The maximum atomic E-state index is 12.6. The minimum atomic E-state index is -4.51. The Morgan fingerprint density at radius 2 is 2.05 bits per heavy atom. The van der Waals surface area contributed by atoms with Crippen LogP contribution in [0.1, 0.15) is 12.5 Å². The molecule has 1 amide bonds. The number of carbonyl (C=O) groups excluding carboxylic acids is 1. The van der Waals surface area contributed by atoms with Crippen molar-refractivity contribution in [3.8, 4) is 0 Å². The molecule has 0 aliphatic heterocycles. The summed E-state index contributed by atoms with van der Waals surface area (Å²) in [6.07, 6.45) is -4.51. The average Bonchev–Trinajstić information content (AvgIpc) is 2.35. The molecule has 0 spiro atoms. The van der Waals surface area contributed by atoms with Crippen molar-refractivity contribution in [2.75, 3.05) is 25.5 Å². The van der Waals surface area contributed by atoms with E-state index in [-0.39, 0.29) is 23.2 Å². The molecular weight excluding hydrogens is 281 g/mol. The number of halogens is 4. The van der Waals surface area contributed by atoms with Crippen molar-refractivity contribution in [3.63, 3.8) is 0 Å². The topological polar surface area (TPSA) is 32.3 Å². The fraction of sp³-hybridized carbons (Fsp3) is 0.417. The second-order valence-electron chi connectivity index (χ2n) is 3.95. The van der Waals surface area contributed by atoms with Crippen molar-refractivity contribution in [1.29, 1.82) is 0 Å². The van der Waals surface area contributed by atoms with Crippen LogP contribution in [0.4, 0.5) is 18.9 Å². The number of hydrogen-bond acceptors (Lipinski definition) is 2. The van der Waals surface area contributed by atoms with Gasteiger partial charge in [-0.1, -0.05) is 11.6 Å². The first-order valence-corrected chi connectivity index (χ1v) is 5.98. The Balaban J connectivity index is 2.79. The largest absolute Gasteiger partial charge is 0.417 e. The van der Waals surface area contributed by atoms with Crippen molar-refractivity contribution in [2.24, 2.45) is 0 Å². The van der Waals surface area contributed by atoms with Crippen molar-refractivity contribution < 1.29 is 18.0 Å². The summed E-state index contributed by atoms with van der Waals surface area (Å²) in [5.74, 6) is -0.203. The van der Waals surface area contributed by atoms with Crippen LogP contribution in [0, 0.1) is 0 Å². The van der Waals surface area contributed by atoms with Gasteiger partial charge in [0.15, 0.2) is 0 Å². The molecule has 0 atom stereocenters. The highest BCUT2D eigenvalue weighted by Crippen LogP contribution is 2.36. The van der Waals surface area contributed by atoms with E-state index in [1.54, 1.807) is 7.05 Å². The normalized spacial score (nSPS) is 11.3. The first kappa shape index (κ1) is 15.6. The molecule has 19 heavy (non-hydrogen) atoms. The first-order chi connectivity index (χ1) is 8.75. The number of hydrogen-bond donors (Lipinski definition) is 1. The van der Waals surface area contributed by atoms with E-state index in [0.29, 0.717) is 6.54 Å². The number of nitrogens with zero attached hydrogens (tertiary/aromatic N) is 1. The lowest BCUT2D eigenvalue weighted by molar-refractivity contribution is -0.137. The van der Waals surface area contributed by atoms with Crippen molar-refractivity contribution >= 4 is 23.2 Å². The lowest BCUT2D eigenvalue weighted by atomic mass is 10.2. The number of amides is 1. The van der Waals surface area contributed by atoms with Crippen LogP contribution in [0.3, 0.4) is 0 Å². The van der Waals surface area contributed by atoms with Gasteiger partial charge in [-0.25, -0.2) is 0 Å². The van der Waals surface area contributed by atoms with Crippen LogP contribution in [-0.4, -0.2) is 30.9 Å². The molecule has 0 saturated heterocycles. The van der Waals surface area contributed by atoms with Gasteiger partial charge in [0.2, 0.25) is 5.91 Å². The number of alkyl halides is 3. The summed E-state index contributed by atoms with van der Waals surface area (Å²) >= 11 is 5.49. The van der Waals surface area contributed by atoms with E-state index in [1.165, 1.54) is 11.0 Å². The van der Waals surface area contributed by atoms with Crippen LogP contribution in [0.25, 0.3) is 0 Å². The maximum absolute atomic E-state index is 12.6. The van der Waals surface area contributed by atoms with Gasteiger partial charge in [-0.05, 0) is 25.1 Å². The molecule has 1 aromatic carbocycles. The summed E-state index contributed by atoms with van der Waals surface area (Å²) in [5.41, 5.74) is -0.718. The Kier molecular flexibility index (Phi) is 5.05. The van der Waals surface area contributed by atoms with Crippen LogP contribution in [0.15, 0.2) is 18.2 Å². The van der Waals surface area contributed by atoms with Crippen LogP contribution < -0.4 is 5.32 Å². The van der Waals surface area contributed by atoms with Gasteiger partial charge in [-0.2, -0.15) is 13.2 Å². The maximum Gasteiger partial charge on any atom is 0.417 e. The molecule has 0 fully saturated rings. The smallest absolute Gasteiger partial charge is 0.376 e. The van der Waals surface area contributed by atoms with Crippen LogP contribution >= 0.6 is 11.6 Å². The molecule has 0 aliphatic carbocycles. The Morgan fingerprint density at radius 1 is 1.42 bits per heavy atom. The molecule has 3 nitrogen and oxygen atoms in total. The lowest BCUT2D eigenvalue weighted by Gasteiger charge is -2.16. The van der Waals surface area contributed by atoms with E-state index in [1.807, 2.05) is 6.92 Å². The van der Waals surface area contributed by atoms with E-state index >= 15 is 0 Å². The number of likely N-dealkylation sites (N-methyl/N-ethyl adjacent to an activating group) is 1. The summed E-state index contributed by atoms with van der Waals surface area (Å²) in [6.45, 7) is 2.28. The quantitative estimate of drug-likeness (QED) is 0.924. The fourth-order valence-corrected chi connectivity index (χ4v) is 1.57. The standard InChI is InChI=1S/C12H14ClF3N2O/c1-3-18(2)11(19)7-17-8-4-5-10(13)9(6-8)12(14,15)16/h4-6,17H,3,7H2,1-2H3. The highest BCUT2D eigenvalue weighted by atomic mass is 35.5. The van der Waals surface area contributed by atoms with E-state index in [4.69, 9.17) is 11.6 Å². The summed E-state index contributed by atoms with van der Waals surface area (Å²) < 4.78 is 37.9. The van der Waals surface area contributed by atoms with Crippen molar-refractivity contribution in [2.45, 2.75) is 13.1 Å². The zero-order chi connectivity index (χ0) is 14.6. The Labute approximate surface area is 114 Å². The first-order valence-electron chi connectivity index (χ1n) is 5.60. The Morgan fingerprint density at radius 3 is 2.58 bits per heavy atom. The number of anilines is 1. The third kappa shape index (κ3) is 4.31. The second-order valence-corrected chi connectivity index (χ2v) is 4.36. The van der Waals surface area contributed by atoms with Gasteiger partial charge in [0.25, 0.3) is 0 Å². The molecule has 0 bridgehead atoms. The zero-order valence-corrected chi connectivity index (χ0v) is 11.3. The molecule has 1 aromatic rings. The Hall–Kier alpha value is -1.43. The van der Waals surface area contributed by atoms with Gasteiger partial charge >= 0.3 is 6.18 Å².